The van der Waals surface area contributed by atoms with Crippen molar-refractivity contribution >= 4 is 18.3 Å². The van der Waals surface area contributed by atoms with Crippen LogP contribution in [0.4, 0.5) is 5.69 Å². The summed E-state index contributed by atoms with van der Waals surface area (Å²) in [5.74, 6) is 0.758. The van der Waals surface area contributed by atoms with Gasteiger partial charge in [0.05, 0.1) is 0 Å². The van der Waals surface area contributed by atoms with Crippen LogP contribution in [0.25, 0.3) is 0 Å². The lowest BCUT2D eigenvalue weighted by molar-refractivity contribution is 1.56. The molecule has 0 unspecified atom stereocenters. The van der Waals surface area contributed by atoms with Gasteiger partial charge in [0.1, 0.15) is 0 Å². The van der Waals surface area contributed by atoms with Gasteiger partial charge in [-0.25, -0.2) is 0 Å². The maximum absolute atomic E-state index is 5.36. The molecule has 0 aliphatic rings. The van der Waals surface area contributed by atoms with Crippen LogP contribution in [0.5, 0.6) is 0 Å². The third-order valence-electron chi connectivity index (χ3n) is 1.75. The maximum Gasteiger partial charge on any atom is 0.0313 e. The minimum Gasteiger partial charge on any atom is -0.399 e. The predicted octanol–water partition coefficient (Wildman–Crippen LogP) is 3.87. The van der Waals surface area contributed by atoms with Crippen LogP contribution in [0.3, 0.4) is 0 Å². The second-order valence-electron chi connectivity index (χ2n) is 3.04. The first-order valence-corrected chi connectivity index (χ1v) is 5.73. The van der Waals surface area contributed by atoms with Crippen LogP contribution in [0.1, 0.15) is 6.92 Å². The first-order chi connectivity index (χ1) is 7.74. The number of rotatable bonds is 3. The maximum atomic E-state index is 5.36. The van der Waals surface area contributed by atoms with Gasteiger partial charge in [-0.05, 0) is 24.6 Å². The lowest BCUT2D eigenvalue weighted by atomic mass is 10.3. The molecule has 1 aromatic rings. The summed E-state index contributed by atoms with van der Waals surface area (Å²) >= 11 is 4.10. The summed E-state index contributed by atoms with van der Waals surface area (Å²) < 4.78 is 0. The Morgan fingerprint density at radius 3 is 2.31 bits per heavy atom. The monoisotopic (exact) mass is 233 g/mol. The molecule has 0 aliphatic carbocycles. The summed E-state index contributed by atoms with van der Waals surface area (Å²) in [6.45, 7) is 5.62. The zero-order chi connectivity index (χ0) is 12.2. The molecular formula is C14H19NS. The van der Waals surface area contributed by atoms with E-state index < -0.39 is 0 Å². The van der Waals surface area contributed by atoms with Crippen molar-refractivity contribution in [3.63, 3.8) is 0 Å². The van der Waals surface area contributed by atoms with E-state index >= 15 is 0 Å². The minimum atomic E-state index is 0.758. The fraction of sp³-hybridized carbons (Fsp3) is 0.143. The first kappa shape index (κ1) is 14.6. The van der Waals surface area contributed by atoms with Crippen LogP contribution < -0.4 is 5.73 Å². The van der Waals surface area contributed by atoms with Crippen LogP contribution in [-0.2, 0) is 0 Å². The summed E-state index contributed by atoms with van der Waals surface area (Å²) in [5, 5.41) is 0. The van der Waals surface area contributed by atoms with Crippen molar-refractivity contribution in [3.8, 4) is 0 Å². The number of nitrogen functional groups attached to an aromatic ring is 1. The average molecular weight is 233 g/mol. The second kappa shape index (κ2) is 10.1. The van der Waals surface area contributed by atoms with Crippen molar-refractivity contribution < 1.29 is 0 Å². The molecule has 1 nitrogen and oxygen atoms in total. The molecule has 0 atom stereocenters. The second-order valence-corrected chi connectivity index (χ2v) is 3.36. The molecule has 1 aromatic carbocycles. The van der Waals surface area contributed by atoms with Crippen molar-refractivity contribution in [2.24, 2.45) is 0 Å². The van der Waals surface area contributed by atoms with Crippen molar-refractivity contribution in [1.29, 1.82) is 0 Å². The Bertz CT molecular complexity index is 339. The Morgan fingerprint density at radius 2 is 2.00 bits per heavy atom. The third kappa shape index (κ3) is 7.94. The Hall–Kier alpha value is -1.41. The average Bonchev–Trinajstić information content (AvgIpc) is 2.32. The van der Waals surface area contributed by atoms with E-state index in [1.165, 1.54) is 0 Å². The van der Waals surface area contributed by atoms with Crippen LogP contribution in [0.2, 0.25) is 0 Å². The van der Waals surface area contributed by atoms with Gasteiger partial charge in [0, 0.05) is 11.4 Å². The lowest BCUT2D eigenvalue weighted by Crippen LogP contribution is -1.79. The van der Waals surface area contributed by atoms with E-state index in [9.17, 15) is 0 Å². The Balaban J connectivity index is 0.000000288. The standard InChI is InChI=1S/C8H12S.C6H7N/c1-3-5-6-8(4-2)7-9;7-6-4-2-1-3-5-6/h3-6,9H,2,7H2,1H3;1-5H,7H2/b5-3-,8-6+;. The van der Waals surface area contributed by atoms with Gasteiger partial charge >= 0.3 is 0 Å². The van der Waals surface area contributed by atoms with E-state index in [1.54, 1.807) is 0 Å². The number of nitrogens with two attached hydrogens (primary N) is 1. The molecule has 0 radical (unpaired) electrons. The summed E-state index contributed by atoms with van der Waals surface area (Å²) in [4.78, 5) is 0. The largest absolute Gasteiger partial charge is 0.399 e. The topological polar surface area (TPSA) is 26.0 Å². The highest BCUT2D eigenvalue weighted by Crippen LogP contribution is 1.97. The van der Waals surface area contributed by atoms with Crippen molar-refractivity contribution in [2.75, 3.05) is 11.5 Å². The SMILES string of the molecule is C=C/C(=C\C=C/C)CS.Nc1ccccc1. The summed E-state index contributed by atoms with van der Waals surface area (Å²) in [5.41, 5.74) is 7.33. The van der Waals surface area contributed by atoms with Gasteiger partial charge < -0.3 is 5.73 Å². The molecule has 0 bridgehead atoms. The Kier molecular flexibility index (Phi) is 9.23. The van der Waals surface area contributed by atoms with E-state index in [1.807, 2.05) is 61.6 Å². The Morgan fingerprint density at radius 1 is 1.38 bits per heavy atom. The van der Waals surface area contributed by atoms with Gasteiger partial charge in [0.15, 0.2) is 0 Å². The van der Waals surface area contributed by atoms with Crippen molar-refractivity contribution in [2.45, 2.75) is 6.92 Å². The molecular weight excluding hydrogens is 214 g/mol. The van der Waals surface area contributed by atoms with Gasteiger partial charge in [0.25, 0.3) is 0 Å². The van der Waals surface area contributed by atoms with E-state index in [4.69, 9.17) is 5.73 Å². The number of anilines is 1. The number of benzene rings is 1. The van der Waals surface area contributed by atoms with Gasteiger partial charge in [-0.2, -0.15) is 12.6 Å². The molecule has 2 N–H and O–H groups in total. The van der Waals surface area contributed by atoms with Crippen LogP contribution >= 0.6 is 12.6 Å². The molecule has 0 heterocycles. The van der Waals surface area contributed by atoms with Gasteiger partial charge in [-0.1, -0.05) is 49.1 Å². The normalized spacial score (nSPS) is 10.8. The van der Waals surface area contributed by atoms with Gasteiger partial charge in [0.2, 0.25) is 0 Å². The molecule has 0 spiro atoms. The molecule has 0 fully saturated rings. The number of hydrogen-bond acceptors (Lipinski definition) is 2. The zero-order valence-electron chi connectivity index (χ0n) is 9.63. The van der Waals surface area contributed by atoms with Crippen LogP contribution in [0.15, 0.2) is 66.8 Å². The summed E-state index contributed by atoms with van der Waals surface area (Å²) in [6, 6.07) is 9.49. The fourth-order valence-electron chi connectivity index (χ4n) is 0.858. The highest BCUT2D eigenvalue weighted by atomic mass is 32.1. The fourth-order valence-corrected chi connectivity index (χ4v) is 1.09. The van der Waals surface area contributed by atoms with E-state index in [0.717, 1.165) is 17.0 Å². The number of allylic oxidation sites excluding steroid dienone is 4. The molecule has 1 rings (SSSR count). The predicted molar refractivity (Wildman–Crippen MR) is 77.8 cm³/mol. The molecule has 86 valence electrons. The number of thiol groups is 1. The van der Waals surface area contributed by atoms with Gasteiger partial charge in [-0.15, -0.1) is 0 Å². The molecule has 0 saturated heterocycles. The number of hydrogen-bond donors (Lipinski definition) is 2. The molecule has 2 heteroatoms. The smallest absolute Gasteiger partial charge is 0.0313 e. The zero-order valence-corrected chi connectivity index (χ0v) is 10.5. The molecule has 0 aliphatic heterocycles. The van der Waals surface area contributed by atoms with E-state index in [2.05, 4.69) is 19.2 Å². The van der Waals surface area contributed by atoms with E-state index in [-0.39, 0.29) is 0 Å². The molecule has 0 amide bonds. The molecule has 0 aromatic heterocycles. The van der Waals surface area contributed by atoms with E-state index in [0.29, 0.717) is 0 Å². The minimum absolute atomic E-state index is 0.758. The summed E-state index contributed by atoms with van der Waals surface area (Å²) in [7, 11) is 0. The van der Waals surface area contributed by atoms with Crippen molar-refractivity contribution in [3.05, 3.63) is 66.8 Å². The van der Waals surface area contributed by atoms with Crippen LogP contribution in [-0.4, -0.2) is 5.75 Å². The first-order valence-electron chi connectivity index (χ1n) is 5.10. The highest BCUT2D eigenvalue weighted by Gasteiger charge is 1.80. The quantitative estimate of drug-likeness (QED) is 0.462. The van der Waals surface area contributed by atoms with Gasteiger partial charge in [-0.3, -0.25) is 0 Å². The summed E-state index contributed by atoms with van der Waals surface area (Å²) in [6.07, 6.45) is 7.77. The molecule has 16 heavy (non-hydrogen) atoms. The molecule has 0 saturated carbocycles. The number of para-hydroxylation sites is 1. The Labute approximate surface area is 104 Å². The van der Waals surface area contributed by atoms with Crippen molar-refractivity contribution in [1.82, 2.24) is 0 Å². The van der Waals surface area contributed by atoms with Crippen LogP contribution in [0, 0.1) is 0 Å². The third-order valence-corrected chi connectivity index (χ3v) is 2.11. The lowest BCUT2D eigenvalue weighted by Gasteiger charge is -1.89. The highest BCUT2D eigenvalue weighted by molar-refractivity contribution is 7.80.